The zero-order valence-electron chi connectivity index (χ0n) is 16.4. The lowest BCUT2D eigenvalue weighted by molar-refractivity contribution is -0.121. The van der Waals surface area contributed by atoms with Crippen molar-refractivity contribution in [1.29, 1.82) is 0 Å². The maximum Gasteiger partial charge on any atom is 0.220 e. The maximum atomic E-state index is 12.4. The highest BCUT2D eigenvalue weighted by molar-refractivity contribution is 7.18. The van der Waals surface area contributed by atoms with Crippen molar-refractivity contribution in [2.45, 2.75) is 25.8 Å². The second-order valence-electron chi connectivity index (χ2n) is 6.32. The Hall–Kier alpha value is -2.80. The van der Waals surface area contributed by atoms with E-state index in [0.29, 0.717) is 30.1 Å². The van der Waals surface area contributed by atoms with Gasteiger partial charge in [-0.1, -0.05) is 12.1 Å². The first-order valence-corrected chi connectivity index (χ1v) is 9.81. The average Bonchev–Trinajstić information content (AvgIpc) is 3.14. The normalized spacial score (nSPS) is 11.9. The third-order valence-corrected chi connectivity index (χ3v) is 5.56. The molecule has 0 fully saturated rings. The van der Waals surface area contributed by atoms with Crippen LogP contribution in [0.3, 0.4) is 0 Å². The molecule has 0 aliphatic carbocycles. The number of aromatic nitrogens is 1. The van der Waals surface area contributed by atoms with Crippen LogP contribution in [0, 0.1) is 0 Å². The highest BCUT2D eigenvalue weighted by Gasteiger charge is 2.18. The van der Waals surface area contributed by atoms with Gasteiger partial charge in [-0.2, -0.15) is 0 Å². The number of hydrogen-bond donors (Lipinski definition) is 1. The van der Waals surface area contributed by atoms with Gasteiger partial charge in [0.25, 0.3) is 0 Å². The van der Waals surface area contributed by atoms with E-state index in [1.54, 1.807) is 32.7 Å². The van der Waals surface area contributed by atoms with E-state index in [9.17, 15) is 4.79 Å². The van der Waals surface area contributed by atoms with Crippen molar-refractivity contribution in [3.05, 3.63) is 47.0 Å². The van der Waals surface area contributed by atoms with Crippen LogP contribution < -0.4 is 19.5 Å². The van der Waals surface area contributed by atoms with Crippen LogP contribution in [0.25, 0.3) is 10.2 Å². The molecule has 28 heavy (non-hydrogen) atoms. The topological polar surface area (TPSA) is 69.7 Å². The quantitative estimate of drug-likeness (QED) is 0.616. The summed E-state index contributed by atoms with van der Waals surface area (Å²) in [5, 5.41) is 4.00. The predicted octanol–water partition coefficient (Wildman–Crippen LogP) is 4.13. The van der Waals surface area contributed by atoms with Gasteiger partial charge >= 0.3 is 0 Å². The van der Waals surface area contributed by atoms with Crippen LogP contribution in [0.1, 0.15) is 30.0 Å². The number of methoxy groups -OCH3 is 3. The van der Waals surface area contributed by atoms with Crippen molar-refractivity contribution in [3.63, 3.8) is 0 Å². The Morgan fingerprint density at radius 2 is 1.79 bits per heavy atom. The summed E-state index contributed by atoms with van der Waals surface area (Å²) in [4.78, 5) is 17.0. The monoisotopic (exact) mass is 400 g/mol. The molecular formula is C21H24N2O4S. The highest BCUT2D eigenvalue weighted by Crippen LogP contribution is 2.39. The molecular weight excluding hydrogens is 376 g/mol. The molecule has 7 heteroatoms. The largest absolute Gasteiger partial charge is 0.493 e. The fourth-order valence-corrected chi connectivity index (χ4v) is 3.96. The molecule has 1 amide bonds. The molecule has 0 radical (unpaired) electrons. The summed E-state index contributed by atoms with van der Waals surface area (Å²) in [7, 11) is 4.71. The number of fused-ring (bicyclic) bond motifs is 1. The number of nitrogens with one attached hydrogen (secondary N) is 1. The predicted molar refractivity (Wildman–Crippen MR) is 111 cm³/mol. The number of amides is 1. The molecule has 0 spiro atoms. The summed E-state index contributed by atoms with van der Waals surface area (Å²) in [6.07, 6.45) is 1.00. The molecule has 1 N–H and O–H groups in total. The number of carbonyl (C=O) groups is 1. The van der Waals surface area contributed by atoms with Gasteiger partial charge in [0.15, 0.2) is 11.5 Å². The van der Waals surface area contributed by atoms with Crippen LogP contribution in [0.2, 0.25) is 0 Å². The molecule has 3 rings (SSSR count). The molecule has 1 atom stereocenters. The second kappa shape index (κ2) is 8.93. The molecule has 2 aromatic carbocycles. The minimum Gasteiger partial charge on any atom is -0.493 e. The van der Waals surface area contributed by atoms with Crippen LogP contribution in [-0.4, -0.2) is 32.2 Å². The summed E-state index contributed by atoms with van der Waals surface area (Å²) < 4.78 is 17.3. The Balaban J connectivity index is 1.65. The van der Waals surface area contributed by atoms with E-state index in [1.165, 1.54) is 0 Å². The number of para-hydroxylation sites is 1. The lowest BCUT2D eigenvalue weighted by Crippen LogP contribution is -2.26. The van der Waals surface area contributed by atoms with Gasteiger partial charge in [-0.25, -0.2) is 4.98 Å². The maximum absolute atomic E-state index is 12.4. The zero-order valence-corrected chi connectivity index (χ0v) is 17.3. The number of benzene rings is 2. The summed E-state index contributed by atoms with van der Waals surface area (Å²) >= 11 is 1.63. The Kier molecular flexibility index (Phi) is 6.36. The minimum atomic E-state index is -0.198. The van der Waals surface area contributed by atoms with Crippen molar-refractivity contribution in [2.24, 2.45) is 0 Å². The molecule has 0 aliphatic heterocycles. The van der Waals surface area contributed by atoms with Crippen molar-refractivity contribution < 1.29 is 19.0 Å². The van der Waals surface area contributed by atoms with Gasteiger partial charge in [-0.05, 0) is 36.8 Å². The smallest absolute Gasteiger partial charge is 0.220 e. The van der Waals surface area contributed by atoms with Crippen LogP contribution in [0.5, 0.6) is 17.2 Å². The highest BCUT2D eigenvalue weighted by atomic mass is 32.1. The van der Waals surface area contributed by atoms with Gasteiger partial charge in [-0.15, -0.1) is 11.3 Å². The van der Waals surface area contributed by atoms with E-state index < -0.39 is 0 Å². The van der Waals surface area contributed by atoms with Gasteiger partial charge in [0.05, 0.1) is 42.6 Å². The first-order chi connectivity index (χ1) is 13.5. The zero-order chi connectivity index (χ0) is 20.1. The van der Waals surface area contributed by atoms with E-state index >= 15 is 0 Å². The van der Waals surface area contributed by atoms with Crippen molar-refractivity contribution in [3.8, 4) is 17.2 Å². The lowest BCUT2D eigenvalue weighted by Gasteiger charge is -2.18. The number of rotatable bonds is 8. The second-order valence-corrected chi connectivity index (χ2v) is 7.44. The van der Waals surface area contributed by atoms with Gasteiger partial charge in [0, 0.05) is 12.8 Å². The first-order valence-electron chi connectivity index (χ1n) is 8.99. The number of ether oxygens (including phenoxy) is 3. The van der Waals surface area contributed by atoms with Gasteiger partial charge < -0.3 is 19.5 Å². The van der Waals surface area contributed by atoms with E-state index in [-0.39, 0.29) is 11.9 Å². The average molecular weight is 401 g/mol. The minimum absolute atomic E-state index is 0.0273. The molecule has 148 valence electrons. The van der Waals surface area contributed by atoms with Gasteiger partial charge in [0.1, 0.15) is 0 Å². The molecule has 1 aromatic heterocycles. The summed E-state index contributed by atoms with van der Waals surface area (Å²) in [5.74, 6) is 1.63. The molecule has 6 nitrogen and oxygen atoms in total. The molecule has 1 unspecified atom stereocenters. The number of aryl methyl sites for hydroxylation is 1. The van der Waals surface area contributed by atoms with Crippen molar-refractivity contribution in [1.82, 2.24) is 10.3 Å². The Labute approximate surface area is 168 Å². The molecule has 0 saturated heterocycles. The molecule has 3 aromatic rings. The number of nitrogens with zero attached hydrogens (tertiary/aromatic N) is 1. The molecule has 1 heterocycles. The summed E-state index contributed by atoms with van der Waals surface area (Å²) in [6, 6.07) is 11.5. The number of thiazole rings is 1. The van der Waals surface area contributed by atoms with E-state index in [2.05, 4.69) is 10.3 Å². The number of carbonyl (C=O) groups excluding carboxylic acids is 1. The van der Waals surface area contributed by atoms with E-state index in [0.717, 1.165) is 20.8 Å². The SMILES string of the molecule is COc1cc(C(C)NC(=O)CCc2nc3ccccc3s2)cc(OC)c1OC. The molecule has 0 bridgehead atoms. The Morgan fingerprint density at radius 3 is 2.39 bits per heavy atom. The standard InChI is InChI=1S/C21H24N2O4S/c1-13(14-11-16(25-2)21(27-4)17(12-14)26-3)22-19(24)9-10-20-23-15-7-5-6-8-18(15)28-20/h5-8,11-13H,9-10H2,1-4H3,(H,22,24). The Bertz CT molecular complexity index is 912. The molecule has 0 saturated carbocycles. The third kappa shape index (κ3) is 4.36. The van der Waals surface area contributed by atoms with E-state index in [1.807, 2.05) is 43.3 Å². The molecule has 0 aliphatic rings. The number of hydrogen-bond acceptors (Lipinski definition) is 6. The first kappa shape index (κ1) is 19.9. The summed E-state index contributed by atoms with van der Waals surface area (Å²) in [5.41, 5.74) is 1.86. The van der Waals surface area contributed by atoms with E-state index in [4.69, 9.17) is 14.2 Å². The fraction of sp³-hybridized carbons (Fsp3) is 0.333. The third-order valence-electron chi connectivity index (χ3n) is 4.47. The van der Waals surface area contributed by atoms with Crippen LogP contribution in [-0.2, 0) is 11.2 Å². The van der Waals surface area contributed by atoms with Crippen LogP contribution in [0.15, 0.2) is 36.4 Å². The summed E-state index contributed by atoms with van der Waals surface area (Å²) in [6.45, 7) is 1.93. The van der Waals surface area contributed by atoms with Crippen molar-refractivity contribution >= 4 is 27.5 Å². The lowest BCUT2D eigenvalue weighted by atomic mass is 10.1. The fourth-order valence-electron chi connectivity index (χ4n) is 3.00. The Morgan fingerprint density at radius 1 is 1.11 bits per heavy atom. The van der Waals surface area contributed by atoms with Crippen molar-refractivity contribution in [2.75, 3.05) is 21.3 Å². The van der Waals surface area contributed by atoms with Gasteiger partial charge in [0.2, 0.25) is 11.7 Å². The van der Waals surface area contributed by atoms with Gasteiger partial charge in [-0.3, -0.25) is 4.79 Å². The van der Waals surface area contributed by atoms with Crippen LogP contribution >= 0.6 is 11.3 Å². The van der Waals surface area contributed by atoms with Crippen LogP contribution in [0.4, 0.5) is 0 Å².